The number of rotatable bonds is 3. The number of carbonyl (C=O) groups excluding carboxylic acids is 1. The number of para-hydroxylation sites is 1. The molecular formula is C17H12ClFN2O2. The number of anilines is 2. The Balaban J connectivity index is 2.10. The van der Waals surface area contributed by atoms with Crippen LogP contribution in [0.15, 0.2) is 48.5 Å². The number of fused-ring (bicyclic) bond motifs is 1. The fraction of sp³-hybridized carbons (Fsp3) is 0.0588. The number of halogens is 2. The third-order valence-corrected chi connectivity index (χ3v) is 3.60. The number of nitrogens with one attached hydrogen (secondary N) is 1. The summed E-state index contributed by atoms with van der Waals surface area (Å²) in [4.78, 5) is 16.1. The third kappa shape index (κ3) is 3.10. The van der Waals surface area contributed by atoms with Gasteiger partial charge in [0.2, 0.25) is 0 Å². The molecule has 0 bridgehead atoms. The van der Waals surface area contributed by atoms with E-state index in [1.807, 2.05) is 18.2 Å². The highest BCUT2D eigenvalue weighted by Gasteiger charge is 2.12. The van der Waals surface area contributed by atoms with Gasteiger partial charge in [-0.25, -0.2) is 14.2 Å². The van der Waals surface area contributed by atoms with E-state index in [-0.39, 0.29) is 10.7 Å². The molecule has 0 aliphatic rings. The lowest BCUT2D eigenvalue weighted by Gasteiger charge is -2.12. The van der Waals surface area contributed by atoms with Gasteiger partial charge >= 0.3 is 5.97 Å². The molecule has 1 aromatic heterocycles. The molecule has 1 heterocycles. The van der Waals surface area contributed by atoms with Crippen LogP contribution in [0, 0.1) is 5.82 Å². The van der Waals surface area contributed by atoms with Crippen molar-refractivity contribution >= 4 is 39.8 Å². The van der Waals surface area contributed by atoms with Gasteiger partial charge in [0, 0.05) is 11.1 Å². The molecule has 6 heteroatoms. The lowest BCUT2D eigenvalue weighted by Crippen LogP contribution is -2.06. The second-order valence-electron chi connectivity index (χ2n) is 4.82. The number of ether oxygens (including phenoxy) is 1. The summed E-state index contributed by atoms with van der Waals surface area (Å²) in [6, 6.07) is 13.3. The first-order valence-corrected chi connectivity index (χ1v) is 7.16. The summed E-state index contributed by atoms with van der Waals surface area (Å²) in [6.07, 6.45) is 0. The average molecular weight is 331 g/mol. The number of carbonyl (C=O) groups is 1. The second-order valence-corrected chi connectivity index (χ2v) is 5.22. The molecule has 0 saturated heterocycles. The number of hydrogen-bond donors (Lipinski definition) is 1. The van der Waals surface area contributed by atoms with Crippen molar-refractivity contribution in [3.05, 3.63) is 65.1 Å². The van der Waals surface area contributed by atoms with Gasteiger partial charge in [-0.3, -0.25) is 0 Å². The van der Waals surface area contributed by atoms with Gasteiger partial charge in [0.05, 0.1) is 23.3 Å². The standard InChI is InChI=1S/C17H12ClFN2O2/c1-23-17(22)16-9-15(11-4-2-3-5-14(11)21-16)20-10-6-7-13(19)12(18)8-10/h2-9H,1H3,(H,20,21). The van der Waals surface area contributed by atoms with E-state index >= 15 is 0 Å². The summed E-state index contributed by atoms with van der Waals surface area (Å²) in [5.74, 6) is -1.03. The predicted molar refractivity (Wildman–Crippen MR) is 87.8 cm³/mol. The minimum Gasteiger partial charge on any atom is -0.464 e. The van der Waals surface area contributed by atoms with Gasteiger partial charge in [0.1, 0.15) is 5.82 Å². The van der Waals surface area contributed by atoms with Gasteiger partial charge < -0.3 is 10.1 Å². The zero-order valence-corrected chi connectivity index (χ0v) is 12.9. The van der Waals surface area contributed by atoms with E-state index in [2.05, 4.69) is 10.3 Å². The van der Waals surface area contributed by atoms with Crippen molar-refractivity contribution in [2.45, 2.75) is 0 Å². The lowest BCUT2D eigenvalue weighted by atomic mass is 10.1. The Bertz CT molecular complexity index is 899. The molecule has 4 nitrogen and oxygen atoms in total. The number of nitrogens with zero attached hydrogens (tertiary/aromatic N) is 1. The van der Waals surface area contributed by atoms with Crippen LogP contribution in [0.25, 0.3) is 10.9 Å². The quantitative estimate of drug-likeness (QED) is 0.715. The minimum atomic E-state index is -0.532. The fourth-order valence-corrected chi connectivity index (χ4v) is 2.40. The number of hydrogen-bond acceptors (Lipinski definition) is 4. The zero-order valence-electron chi connectivity index (χ0n) is 12.1. The van der Waals surface area contributed by atoms with Crippen LogP contribution in [0.4, 0.5) is 15.8 Å². The van der Waals surface area contributed by atoms with E-state index in [1.165, 1.54) is 19.2 Å². The molecule has 2 aromatic carbocycles. The highest BCUT2D eigenvalue weighted by atomic mass is 35.5. The maximum absolute atomic E-state index is 13.3. The Hall–Kier alpha value is -2.66. The topological polar surface area (TPSA) is 51.2 Å². The highest BCUT2D eigenvalue weighted by molar-refractivity contribution is 6.31. The van der Waals surface area contributed by atoms with Crippen LogP contribution in [0.1, 0.15) is 10.5 Å². The largest absolute Gasteiger partial charge is 0.464 e. The van der Waals surface area contributed by atoms with Gasteiger partial charge in [0.25, 0.3) is 0 Å². The normalized spacial score (nSPS) is 10.6. The predicted octanol–water partition coefficient (Wildman–Crippen LogP) is 4.56. The number of aromatic nitrogens is 1. The van der Waals surface area contributed by atoms with Gasteiger partial charge in [-0.2, -0.15) is 0 Å². The van der Waals surface area contributed by atoms with Crippen LogP contribution in [-0.4, -0.2) is 18.1 Å². The summed E-state index contributed by atoms with van der Waals surface area (Å²) in [5, 5.41) is 3.97. The van der Waals surface area contributed by atoms with Crippen LogP contribution in [-0.2, 0) is 4.74 Å². The monoisotopic (exact) mass is 330 g/mol. The Kier molecular flexibility index (Phi) is 4.12. The minimum absolute atomic E-state index is 0.0153. The maximum Gasteiger partial charge on any atom is 0.356 e. The molecule has 0 fully saturated rings. The molecule has 0 radical (unpaired) electrons. The Labute approximate surface area is 136 Å². The molecular weight excluding hydrogens is 319 g/mol. The molecule has 0 saturated carbocycles. The molecule has 0 amide bonds. The van der Waals surface area contributed by atoms with E-state index in [1.54, 1.807) is 18.2 Å². The average Bonchev–Trinajstić information content (AvgIpc) is 2.57. The van der Waals surface area contributed by atoms with Crippen molar-refractivity contribution in [3.8, 4) is 0 Å². The van der Waals surface area contributed by atoms with E-state index in [0.717, 1.165) is 5.39 Å². The highest BCUT2D eigenvalue weighted by Crippen LogP contribution is 2.28. The molecule has 23 heavy (non-hydrogen) atoms. The van der Waals surface area contributed by atoms with Crippen LogP contribution >= 0.6 is 11.6 Å². The molecule has 0 aliphatic heterocycles. The van der Waals surface area contributed by atoms with Crippen molar-refractivity contribution in [1.29, 1.82) is 0 Å². The van der Waals surface area contributed by atoms with Crippen molar-refractivity contribution in [1.82, 2.24) is 4.98 Å². The van der Waals surface area contributed by atoms with Crippen molar-refractivity contribution in [2.24, 2.45) is 0 Å². The van der Waals surface area contributed by atoms with E-state index in [0.29, 0.717) is 16.9 Å². The third-order valence-electron chi connectivity index (χ3n) is 3.31. The van der Waals surface area contributed by atoms with Gasteiger partial charge in [-0.15, -0.1) is 0 Å². The summed E-state index contributed by atoms with van der Waals surface area (Å²) in [6.45, 7) is 0. The maximum atomic E-state index is 13.3. The molecule has 0 spiro atoms. The van der Waals surface area contributed by atoms with E-state index in [4.69, 9.17) is 16.3 Å². The number of pyridine rings is 1. The lowest BCUT2D eigenvalue weighted by molar-refractivity contribution is 0.0594. The van der Waals surface area contributed by atoms with E-state index < -0.39 is 11.8 Å². The molecule has 116 valence electrons. The van der Waals surface area contributed by atoms with Crippen molar-refractivity contribution in [3.63, 3.8) is 0 Å². The van der Waals surface area contributed by atoms with Crippen LogP contribution < -0.4 is 5.32 Å². The number of benzene rings is 2. The molecule has 1 N–H and O–H groups in total. The first-order valence-electron chi connectivity index (χ1n) is 6.78. The first-order chi connectivity index (χ1) is 11.1. The first kappa shape index (κ1) is 15.2. The second kappa shape index (κ2) is 6.22. The number of esters is 1. The summed E-state index contributed by atoms with van der Waals surface area (Å²) >= 11 is 5.80. The van der Waals surface area contributed by atoms with E-state index in [9.17, 15) is 9.18 Å². The van der Waals surface area contributed by atoms with Gasteiger partial charge in [-0.1, -0.05) is 29.8 Å². The molecule has 0 unspecified atom stereocenters. The Morgan fingerprint density at radius 1 is 1.22 bits per heavy atom. The fourth-order valence-electron chi connectivity index (χ4n) is 2.22. The Morgan fingerprint density at radius 3 is 2.74 bits per heavy atom. The van der Waals surface area contributed by atoms with Gasteiger partial charge in [0.15, 0.2) is 5.69 Å². The molecule has 3 rings (SSSR count). The van der Waals surface area contributed by atoms with Gasteiger partial charge in [-0.05, 0) is 30.3 Å². The molecule has 0 aliphatic carbocycles. The van der Waals surface area contributed by atoms with Crippen molar-refractivity contribution in [2.75, 3.05) is 12.4 Å². The SMILES string of the molecule is COC(=O)c1cc(Nc2ccc(F)c(Cl)c2)c2ccccc2n1. The van der Waals surface area contributed by atoms with Crippen molar-refractivity contribution < 1.29 is 13.9 Å². The molecule has 3 aromatic rings. The summed E-state index contributed by atoms with van der Waals surface area (Å²) < 4.78 is 18.0. The van der Waals surface area contributed by atoms with Crippen LogP contribution in [0.3, 0.4) is 0 Å². The smallest absolute Gasteiger partial charge is 0.356 e. The molecule has 0 atom stereocenters. The zero-order chi connectivity index (χ0) is 16.4. The summed E-state index contributed by atoms with van der Waals surface area (Å²) in [5.41, 5.74) is 2.08. The Morgan fingerprint density at radius 2 is 2.00 bits per heavy atom. The van der Waals surface area contributed by atoms with Crippen LogP contribution in [0.5, 0.6) is 0 Å². The number of methoxy groups -OCH3 is 1. The van der Waals surface area contributed by atoms with Crippen LogP contribution in [0.2, 0.25) is 5.02 Å². The summed E-state index contributed by atoms with van der Waals surface area (Å²) in [7, 11) is 1.30.